The van der Waals surface area contributed by atoms with Gasteiger partial charge in [0.1, 0.15) is 23.6 Å². The average Bonchev–Trinajstić information content (AvgIpc) is 2.91. The maximum Gasteiger partial charge on any atom is 0.223 e. The lowest BCUT2D eigenvalue weighted by Crippen LogP contribution is -2.35. The average molecular weight is 479 g/mol. The topological polar surface area (TPSA) is 78.8 Å². The highest BCUT2D eigenvalue weighted by molar-refractivity contribution is 5.96. The van der Waals surface area contributed by atoms with Crippen molar-refractivity contribution in [1.29, 1.82) is 0 Å². The molecule has 5 rings (SSSR count). The van der Waals surface area contributed by atoms with Crippen molar-refractivity contribution in [2.24, 2.45) is 0 Å². The summed E-state index contributed by atoms with van der Waals surface area (Å²) < 4.78 is 5.61. The van der Waals surface area contributed by atoms with Gasteiger partial charge in [-0.05, 0) is 55.3 Å². The molecule has 0 spiro atoms. The van der Waals surface area contributed by atoms with Gasteiger partial charge in [0.15, 0.2) is 0 Å². The van der Waals surface area contributed by atoms with Gasteiger partial charge in [0.25, 0.3) is 0 Å². The third kappa shape index (κ3) is 4.80. The van der Waals surface area contributed by atoms with Gasteiger partial charge in [0.2, 0.25) is 5.91 Å². The van der Waals surface area contributed by atoms with Gasteiger partial charge in [-0.1, -0.05) is 30.0 Å². The number of aromatic nitrogens is 2. The van der Waals surface area contributed by atoms with Gasteiger partial charge in [-0.25, -0.2) is 9.97 Å². The summed E-state index contributed by atoms with van der Waals surface area (Å²) in [5.41, 5.74) is 3.19. The van der Waals surface area contributed by atoms with Crippen LogP contribution in [0.3, 0.4) is 0 Å². The minimum Gasteiger partial charge on any atom is -0.508 e. The number of methoxy groups -OCH3 is 1. The Morgan fingerprint density at radius 3 is 2.72 bits per heavy atom. The summed E-state index contributed by atoms with van der Waals surface area (Å²) in [7, 11) is 1.57. The Bertz CT molecular complexity index is 1460. The summed E-state index contributed by atoms with van der Waals surface area (Å²) in [5, 5.41) is 10.8. The molecular weight excluding hydrogens is 452 g/mol. The van der Waals surface area contributed by atoms with Crippen molar-refractivity contribution in [2.45, 2.75) is 19.3 Å². The molecule has 1 aliphatic heterocycles. The summed E-state index contributed by atoms with van der Waals surface area (Å²) >= 11 is 0. The number of anilines is 3. The molecule has 1 fully saturated rings. The second kappa shape index (κ2) is 10.4. The lowest BCUT2D eigenvalue weighted by atomic mass is 10.1. The first-order chi connectivity index (χ1) is 17.6. The fraction of sp³-hybridized carbons (Fsp3) is 0.207. The van der Waals surface area contributed by atoms with Crippen LogP contribution in [0.2, 0.25) is 0 Å². The van der Waals surface area contributed by atoms with Crippen molar-refractivity contribution in [1.82, 2.24) is 14.9 Å². The number of fused-ring (bicyclic) bond motifs is 1. The number of carbonyl (C=O) groups is 1. The summed E-state index contributed by atoms with van der Waals surface area (Å²) in [6, 6.07) is 20.7. The van der Waals surface area contributed by atoms with Crippen molar-refractivity contribution in [3.63, 3.8) is 0 Å². The van der Waals surface area contributed by atoms with Crippen molar-refractivity contribution >= 4 is 34.0 Å². The first-order valence-corrected chi connectivity index (χ1v) is 11.9. The van der Waals surface area contributed by atoms with Crippen LogP contribution < -0.4 is 9.64 Å². The van der Waals surface area contributed by atoms with Crippen LogP contribution in [0.25, 0.3) is 10.9 Å². The maximum atomic E-state index is 12.1. The lowest BCUT2D eigenvalue weighted by molar-refractivity contribution is -0.132. The first-order valence-electron chi connectivity index (χ1n) is 11.9. The number of rotatable bonds is 5. The molecule has 1 saturated heterocycles. The number of aromatic hydroxyl groups is 1. The molecule has 0 unspecified atom stereocenters. The maximum absolute atomic E-state index is 12.1. The van der Waals surface area contributed by atoms with E-state index in [0.29, 0.717) is 24.5 Å². The lowest BCUT2D eigenvalue weighted by Gasteiger charge is -2.26. The summed E-state index contributed by atoms with van der Waals surface area (Å²) in [6.45, 7) is 1.19. The number of likely N-dealkylation sites (tertiary alicyclic amines) is 1. The predicted octanol–water partition coefficient (Wildman–Crippen LogP) is 5.18. The standard InChI is InChI=1S/C29H26N4O3/c1-36-27-19-23(34)13-15-26(27)33(22-9-3-2-4-10-22)29-24-18-21(12-14-25(24)30-20-31-29)8-7-17-32-16-6-5-11-28(32)35/h2-4,9-10,12-15,18-20,34H,5-6,11,16-17H2,1H3. The number of phenolic OH excluding ortho intramolecular Hbond substituents is 1. The van der Waals surface area contributed by atoms with Crippen LogP contribution in [0.15, 0.2) is 73.1 Å². The van der Waals surface area contributed by atoms with Gasteiger partial charge in [-0.15, -0.1) is 0 Å². The molecule has 0 bridgehead atoms. The zero-order valence-electron chi connectivity index (χ0n) is 20.0. The molecule has 3 aromatic carbocycles. The van der Waals surface area contributed by atoms with Gasteiger partial charge in [-0.2, -0.15) is 0 Å². The Morgan fingerprint density at radius 1 is 1.06 bits per heavy atom. The molecule has 0 saturated carbocycles. The molecule has 7 heteroatoms. The Hall–Kier alpha value is -4.57. The molecule has 0 radical (unpaired) electrons. The van der Waals surface area contributed by atoms with Crippen LogP contribution in [0.4, 0.5) is 17.2 Å². The number of hydrogen-bond donors (Lipinski definition) is 1. The van der Waals surface area contributed by atoms with Crippen LogP contribution in [-0.2, 0) is 4.79 Å². The van der Waals surface area contributed by atoms with Crippen molar-refractivity contribution in [3.8, 4) is 23.3 Å². The fourth-order valence-electron chi connectivity index (χ4n) is 4.37. The first kappa shape index (κ1) is 23.2. The van der Waals surface area contributed by atoms with Crippen molar-refractivity contribution in [2.75, 3.05) is 25.1 Å². The predicted molar refractivity (Wildman–Crippen MR) is 140 cm³/mol. The number of amides is 1. The van der Waals surface area contributed by atoms with Crippen LogP contribution in [0, 0.1) is 11.8 Å². The van der Waals surface area contributed by atoms with E-state index in [1.807, 2.05) is 58.3 Å². The number of phenols is 1. The van der Waals surface area contributed by atoms with Gasteiger partial charge in [-0.3, -0.25) is 9.69 Å². The van der Waals surface area contributed by atoms with Crippen LogP contribution >= 0.6 is 0 Å². The molecule has 180 valence electrons. The van der Waals surface area contributed by atoms with E-state index in [2.05, 4.69) is 21.8 Å². The van der Waals surface area contributed by atoms with E-state index in [-0.39, 0.29) is 11.7 Å². The molecule has 1 amide bonds. The van der Waals surface area contributed by atoms with Crippen LogP contribution in [-0.4, -0.2) is 46.1 Å². The second-order valence-corrected chi connectivity index (χ2v) is 8.53. The SMILES string of the molecule is COc1cc(O)ccc1N(c1ccccc1)c1ncnc2ccc(C#CCN3CCCCC3=O)cc12. The van der Waals surface area contributed by atoms with E-state index in [1.54, 1.807) is 25.3 Å². The van der Waals surface area contributed by atoms with Crippen molar-refractivity contribution < 1.29 is 14.6 Å². The number of ether oxygens (including phenoxy) is 1. The highest BCUT2D eigenvalue weighted by atomic mass is 16.5. The molecule has 36 heavy (non-hydrogen) atoms. The molecule has 7 nitrogen and oxygen atoms in total. The van der Waals surface area contributed by atoms with E-state index in [0.717, 1.165) is 47.2 Å². The summed E-state index contributed by atoms with van der Waals surface area (Å²) in [5.74, 6) is 7.81. The van der Waals surface area contributed by atoms with E-state index in [9.17, 15) is 9.90 Å². The Kier molecular flexibility index (Phi) is 6.67. The largest absolute Gasteiger partial charge is 0.508 e. The zero-order chi connectivity index (χ0) is 24.9. The van der Waals surface area contributed by atoms with E-state index >= 15 is 0 Å². The smallest absolute Gasteiger partial charge is 0.223 e. The van der Waals surface area contributed by atoms with Crippen molar-refractivity contribution in [3.05, 3.63) is 78.6 Å². The number of benzene rings is 3. The van der Waals surface area contributed by atoms with Gasteiger partial charge in [0.05, 0.1) is 24.9 Å². The summed E-state index contributed by atoms with van der Waals surface area (Å²) in [6.07, 6.45) is 4.13. The highest BCUT2D eigenvalue weighted by Gasteiger charge is 2.21. The molecule has 0 aliphatic carbocycles. The Labute approximate surface area is 210 Å². The number of carbonyl (C=O) groups excluding carboxylic acids is 1. The number of nitrogens with zero attached hydrogens (tertiary/aromatic N) is 4. The number of piperidine rings is 1. The number of hydrogen-bond acceptors (Lipinski definition) is 6. The highest BCUT2D eigenvalue weighted by Crippen LogP contribution is 2.42. The molecule has 4 aromatic rings. The minimum absolute atomic E-state index is 0.112. The Morgan fingerprint density at radius 2 is 1.92 bits per heavy atom. The third-order valence-electron chi connectivity index (χ3n) is 6.17. The third-order valence-corrected chi connectivity index (χ3v) is 6.17. The molecule has 1 N–H and O–H groups in total. The minimum atomic E-state index is 0.112. The van der Waals surface area contributed by atoms with E-state index < -0.39 is 0 Å². The monoisotopic (exact) mass is 478 g/mol. The van der Waals surface area contributed by atoms with Gasteiger partial charge < -0.3 is 14.7 Å². The quantitative estimate of drug-likeness (QED) is 0.399. The Balaban J connectivity index is 1.59. The van der Waals surface area contributed by atoms with Gasteiger partial charge in [0, 0.05) is 35.7 Å². The fourth-order valence-corrected chi connectivity index (χ4v) is 4.37. The van der Waals surface area contributed by atoms with Crippen LogP contribution in [0.5, 0.6) is 11.5 Å². The molecule has 2 heterocycles. The molecule has 0 atom stereocenters. The van der Waals surface area contributed by atoms with Gasteiger partial charge >= 0.3 is 0 Å². The summed E-state index contributed by atoms with van der Waals surface area (Å²) in [4.78, 5) is 25.0. The second-order valence-electron chi connectivity index (χ2n) is 8.53. The van der Waals surface area contributed by atoms with Crippen LogP contribution in [0.1, 0.15) is 24.8 Å². The molecule has 1 aromatic heterocycles. The van der Waals surface area contributed by atoms with E-state index in [1.165, 1.54) is 6.33 Å². The zero-order valence-corrected chi connectivity index (χ0v) is 20.0. The number of para-hydroxylation sites is 1. The van der Waals surface area contributed by atoms with E-state index in [4.69, 9.17) is 4.74 Å². The normalized spacial score (nSPS) is 13.2. The molecular formula is C29H26N4O3. The molecule has 1 aliphatic rings.